The molecule has 0 aromatic carbocycles. The Labute approximate surface area is 230 Å². The minimum absolute atomic E-state index is 0.296. The van der Waals surface area contributed by atoms with E-state index in [1.165, 1.54) is 4.90 Å². The summed E-state index contributed by atoms with van der Waals surface area (Å²) in [4.78, 5) is 54.5. The van der Waals surface area contributed by atoms with Gasteiger partial charge in [0.15, 0.2) is 0 Å². The van der Waals surface area contributed by atoms with Crippen LogP contribution in [0.15, 0.2) is 12.2 Å². The molecule has 0 unspecified atom stereocenters. The monoisotopic (exact) mass is 566 g/mol. The predicted octanol–water partition coefficient (Wildman–Crippen LogP) is 2.26. The summed E-state index contributed by atoms with van der Waals surface area (Å²) in [5, 5.41) is 4.96. The molecule has 0 spiro atoms. The number of sulfonamides is 1. The largest absolute Gasteiger partial charge is 0.444 e. The molecule has 12 heteroatoms. The molecule has 0 radical (unpaired) electrons. The number of fused-ring (bicyclic) bond motifs is 2. The highest BCUT2D eigenvalue weighted by molar-refractivity contribution is 7.90. The van der Waals surface area contributed by atoms with Crippen LogP contribution in [-0.2, 0) is 29.1 Å². The van der Waals surface area contributed by atoms with E-state index in [-0.39, 0.29) is 11.8 Å². The Hall–Kier alpha value is -2.63. The van der Waals surface area contributed by atoms with Crippen LogP contribution in [0.1, 0.15) is 91.4 Å². The number of hydrogen-bond donors (Lipinski definition) is 3. The van der Waals surface area contributed by atoms with Crippen molar-refractivity contribution in [1.29, 1.82) is 0 Å². The first kappa shape index (κ1) is 29.4. The lowest BCUT2D eigenvalue weighted by Gasteiger charge is -2.31. The zero-order chi connectivity index (χ0) is 28.4. The van der Waals surface area contributed by atoms with Gasteiger partial charge in [-0.1, -0.05) is 31.4 Å². The molecule has 0 bridgehead atoms. The van der Waals surface area contributed by atoms with Crippen LogP contribution < -0.4 is 15.4 Å². The van der Waals surface area contributed by atoms with Crippen molar-refractivity contribution < 1.29 is 32.3 Å². The fourth-order valence-electron chi connectivity index (χ4n) is 5.53. The van der Waals surface area contributed by atoms with Crippen LogP contribution in [0.4, 0.5) is 4.79 Å². The molecule has 2 saturated carbocycles. The molecule has 0 aromatic rings. The molecule has 0 aromatic heterocycles. The summed E-state index contributed by atoms with van der Waals surface area (Å²) in [5.74, 6) is -1.89. The van der Waals surface area contributed by atoms with Crippen molar-refractivity contribution in [3.63, 3.8) is 0 Å². The van der Waals surface area contributed by atoms with Gasteiger partial charge in [0.05, 0.1) is 5.25 Å². The molecular weight excluding hydrogens is 524 g/mol. The van der Waals surface area contributed by atoms with E-state index < -0.39 is 56.4 Å². The number of allylic oxidation sites excluding steroid dienone is 1. The molecule has 2 aliphatic heterocycles. The first-order chi connectivity index (χ1) is 18.3. The van der Waals surface area contributed by atoms with E-state index >= 15 is 0 Å². The van der Waals surface area contributed by atoms with Gasteiger partial charge < -0.3 is 20.3 Å². The maximum atomic E-state index is 13.6. The summed E-state index contributed by atoms with van der Waals surface area (Å²) < 4.78 is 33.0. The van der Waals surface area contributed by atoms with Crippen molar-refractivity contribution in [2.75, 3.05) is 6.54 Å². The standard InChI is InChI=1S/C27H42N4O7S/c1-26(2,3)38-25(35)28-20-14-8-6-4-5-7-11-18-17-27(18,24(34)30-39(36,37)19-12-9-13-19)29-22(32)21-15-10-16-31(21)23(20)33/h7,11,18-21H,4-6,8-10,12-17H2,1-3H3,(H,28,35)(H,29,32)(H,30,34)/b11-7-/t18-,20+,21+,27-/m1/s1. The van der Waals surface area contributed by atoms with Gasteiger partial charge in [-0.05, 0) is 72.1 Å². The third-order valence-electron chi connectivity index (χ3n) is 8.05. The topological polar surface area (TPSA) is 151 Å². The molecule has 3 N–H and O–H groups in total. The third-order valence-corrected chi connectivity index (χ3v) is 9.87. The van der Waals surface area contributed by atoms with Crippen LogP contribution in [0.2, 0.25) is 0 Å². The summed E-state index contributed by atoms with van der Waals surface area (Å²) >= 11 is 0. The summed E-state index contributed by atoms with van der Waals surface area (Å²) in [5.41, 5.74) is -2.09. The van der Waals surface area contributed by atoms with E-state index in [2.05, 4.69) is 15.4 Å². The predicted molar refractivity (Wildman–Crippen MR) is 144 cm³/mol. The van der Waals surface area contributed by atoms with E-state index in [0.29, 0.717) is 51.5 Å². The lowest BCUT2D eigenvalue weighted by molar-refractivity contribution is -0.141. The van der Waals surface area contributed by atoms with Crippen LogP contribution in [0.5, 0.6) is 0 Å². The molecule has 4 amide bonds. The molecule has 3 fully saturated rings. The molecular formula is C27H42N4O7S. The molecule has 11 nitrogen and oxygen atoms in total. The van der Waals surface area contributed by atoms with Crippen molar-refractivity contribution in [1.82, 2.24) is 20.3 Å². The zero-order valence-electron chi connectivity index (χ0n) is 23.2. The van der Waals surface area contributed by atoms with Gasteiger partial charge in [-0.3, -0.25) is 19.1 Å². The lowest BCUT2D eigenvalue weighted by atomic mass is 10.0. The Bertz CT molecular complexity index is 1110. The Morgan fingerprint density at radius 1 is 1.05 bits per heavy atom. The van der Waals surface area contributed by atoms with Crippen LogP contribution in [0, 0.1) is 5.92 Å². The van der Waals surface area contributed by atoms with Crippen molar-refractivity contribution in [2.45, 2.75) is 120 Å². The fourth-order valence-corrected chi connectivity index (χ4v) is 7.09. The summed E-state index contributed by atoms with van der Waals surface area (Å²) in [6.07, 6.45) is 9.87. The molecule has 1 saturated heterocycles. The Balaban J connectivity index is 1.53. The first-order valence-electron chi connectivity index (χ1n) is 14.2. The quantitative estimate of drug-likeness (QED) is 0.442. The zero-order valence-corrected chi connectivity index (χ0v) is 24.0. The number of carbonyl (C=O) groups excluding carboxylic acids is 4. The van der Waals surface area contributed by atoms with Crippen molar-refractivity contribution in [3.8, 4) is 0 Å². The lowest BCUT2D eigenvalue weighted by Crippen LogP contribution is -2.59. The highest BCUT2D eigenvalue weighted by Gasteiger charge is 2.61. The van der Waals surface area contributed by atoms with Crippen LogP contribution in [0.25, 0.3) is 0 Å². The van der Waals surface area contributed by atoms with Gasteiger partial charge in [-0.25, -0.2) is 13.2 Å². The van der Waals surface area contributed by atoms with Gasteiger partial charge in [0.1, 0.15) is 23.2 Å². The van der Waals surface area contributed by atoms with E-state index in [9.17, 15) is 27.6 Å². The van der Waals surface area contributed by atoms with Crippen LogP contribution in [0.3, 0.4) is 0 Å². The summed E-state index contributed by atoms with van der Waals surface area (Å²) in [6.45, 7) is 5.58. The highest BCUT2D eigenvalue weighted by Crippen LogP contribution is 2.46. The first-order valence-corrected chi connectivity index (χ1v) is 15.7. The van der Waals surface area contributed by atoms with Gasteiger partial charge in [0, 0.05) is 12.5 Å². The third kappa shape index (κ3) is 6.93. The van der Waals surface area contributed by atoms with Crippen LogP contribution in [-0.4, -0.2) is 72.2 Å². The van der Waals surface area contributed by atoms with Gasteiger partial charge in [-0.15, -0.1) is 0 Å². The maximum absolute atomic E-state index is 13.6. The summed E-state index contributed by atoms with van der Waals surface area (Å²) in [7, 11) is -3.82. The smallest absolute Gasteiger partial charge is 0.408 e. The molecule has 2 aliphatic carbocycles. The minimum atomic E-state index is -3.82. The summed E-state index contributed by atoms with van der Waals surface area (Å²) in [6, 6.07) is -1.66. The van der Waals surface area contributed by atoms with E-state index in [1.54, 1.807) is 20.8 Å². The number of nitrogens with one attached hydrogen (secondary N) is 3. The molecule has 4 rings (SSSR count). The van der Waals surface area contributed by atoms with E-state index in [0.717, 1.165) is 25.7 Å². The van der Waals surface area contributed by atoms with Gasteiger partial charge >= 0.3 is 6.09 Å². The van der Waals surface area contributed by atoms with Gasteiger partial charge in [0.2, 0.25) is 21.8 Å². The maximum Gasteiger partial charge on any atom is 0.408 e. The van der Waals surface area contributed by atoms with Crippen molar-refractivity contribution in [2.24, 2.45) is 5.92 Å². The SMILES string of the molecule is CC(C)(C)OC(=O)N[C@H]1CCCCC/C=C\[C@@H]2C[C@@]2(C(=O)NS(=O)(=O)C2CCC2)NC(=O)[C@@H]2CCCN2C1=O. The van der Waals surface area contributed by atoms with Crippen molar-refractivity contribution >= 4 is 33.8 Å². The van der Waals surface area contributed by atoms with E-state index in [4.69, 9.17) is 4.74 Å². The number of nitrogens with zero attached hydrogens (tertiary/aromatic N) is 1. The minimum Gasteiger partial charge on any atom is -0.444 e. The number of rotatable bonds is 4. The number of hydrogen-bond acceptors (Lipinski definition) is 7. The normalized spacial score (nSPS) is 31.4. The van der Waals surface area contributed by atoms with Gasteiger partial charge in [-0.2, -0.15) is 0 Å². The Morgan fingerprint density at radius 2 is 1.79 bits per heavy atom. The second kappa shape index (κ2) is 11.5. The number of carbonyl (C=O) groups is 4. The second-order valence-corrected chi connectivity index (χ2v) is 14.2. The second-order valence-electron chi connectivity index (χ2n) is 12.3. The number of ether oxygens (including phenoxy) is 1. The average molecular weight is 567 g/mol. The molecule has 2 heterocycles. The van der Waals surface area contributed by atoms with E-state index in [1.807, 2.05) is 12.2 Å². The van der Waals surface area contributed by atoms with Gasteiger partial charge in [0.25, 0.3) is 5.91 Å². The number of amides is 4. The molecule has 39 heavy (non-hydrogen) atoms. The number of alkyl carbamates (subject to hydrolysis) is 1. The van der Waals surface area contributed by atoms with Crippen LogP contribution >= 0.6 is 0 Å². The molecule has 218 valence electrons. The Morgan fingerprint density at radius 3 is 2.46 bits per heavy atom. The fraction of sp³-hybridized carbons (Fsp3) is 0.778. The average Bonchev–Trinajstić information content (AvgIpc) is 3.24. The molecule has 4 aliphatic rings. The Kier molecular flexibility index (Phi) is 8.63. The van der Waals surface area contributed by atoms with Crippen molar-refractivity contribution in [3.05, 3.63) is 12.2 Å². The molecule has 4 atom stereocenters. The highest BCUT2D eigenvalue weighted by atomic mass is 32.2.